The molecule has 0 aliphatic carbocycles. The van der Waals surface area contributed by atoms with E-state index in [4.69, 9.17) is 4.74 Å². The number of hydrogen-bond donors (Lipinski definition) is 2. The number of piperidine rings is 1. The van der Waals surface area contributed by atoms with Crippen molar-refractivity contribution in [2.24, 2.45) is 5.92 Å². The predicted octanol–water partition coefficient (Wildman–Crippen LogP) is 1.82. The second kappa shape index (κ2) is 9.89. The molecule has 0 aromatic carbocycles. The van der Waals surface area contributed by atoms with Gasteiger partial charge in [-0.05, 0) is 31.7 Å². The molecule has 0 unspecified atom stereocenters. The Hall–Kier alpha value is -2.64. The van der Waals surface area contributed by atoms with Crippen LogP contribution in [-0.2, 0) is 4.74 Å². The van der Waals surface area contributed by atoms with Crippen LogP contribution in [0.25, 0.3) is 0 Å². The van der Waals surface area contributed by atoms with Gasteiger partial charge in [-0.2, -0.15) is 0 Å². The Kier molecular flexibility index (Phi) is 7.57. The van der Waals surface area contributed by atoms with E-state index in [-0.39, 0.29) is 23.9 Å². The van der Waals surface area contributed by atoms with Crippen molar-refractivity contribution in [3.8, 4) is 0 Å². The fraction of sp³-hybridized carbons (Fsp3) is 0.579. The van der Waals surface area contributed by atoms with Crippen molar-refractivity contribution in [3.63, 3.8) is 0 Å². The number of carbonyl (C=O) groups is 3. The standard InChI is InChI=1S/C19H28N4O4/c1-4-27-19(26)23-7-5-16(6-8-23)22-18(25)15-9-14(11-20-12-15)17(24)21-10-13(2)3/h9,11-13,16H,4-8,10H2,1-3H3,(H,21,24)(H,22,25). The van der Waals surface area contributed by atoms with Crippen LogP contribution in [-0.4, -0.2) is 60.1 Å². The van der Waals surface area contributed by atoms with Gasteiger partial charge in [-0.25, -0.2) is 4.79 Å². The van der Waals surface area contributed by atoms with Crippen LogP contribution in [0, 0.1) is 5.92 Å². The molecule has 1 aromatic heterocycles. The number of aromatic nitrogens is 1. The van der Waals surface area contributed by atoms with E-state index in [1.165, 1.54) is 12.4 Å². The summed E-state index contributed by atoms with van der Waals surface area (Å²) >= 11 is 0. The summed E-state index contributed by atoms with van der Waals surface area (Å²) in [7, 11) is 0. The second-order valence-electron chi connectivity index (χ2n) is 7.00. The van der Waals surface area contributed by atoms with E-state index in [0.717, 1.165) is 0 Å². The summed E-state index contributed by atoms with van der Waals surface area (Å²) in [5.41, 5.74) is 0.709. The van der Waals surface area contributed by atoms with E-state index < -0.39 is 0 Å². The number of nitrogens with one attached hydrogen (secondary N) is 2. The number of rotatable bonds is 6. The minimum atomic E-state index is -0.313. The molecule has 3 amide bonds. The van der Waals surface area contributed by atoms with Gasteiger partial charge in [-0.1, -0.05) is 13.8 Å². The molecule has 2 rings (SSSR count). The van der Waals surface area contributed by atoms with Crippen molar-refractivity contribution >= 4 is 17.9 Å². The third kappa shape index (κ3) is 6.23. The van der Waals surface area contributed by atoms with Gasteiger partial charge in [-0.15, -0.1) is 0 Å². The van der Waals surface area contributed by atoms with E-state index in [2.05, 4.69) is 15.6 Å². The highest BCUT2D eigenvalue weighted by molar-refractivity contribution is 5.99. The monoisotopic (exact) mass is 376 g/mol. The minimum absolute atomic E-state index is 0.0263. The molecule has 2 N–H and O–H groups in total. The molecule has 1 aliphatic heterocycles. The molecule has 0 saturated carbocycles. The first kappa shape index (κ1) is 20.7. The lowest BCUT2D eigenvalue weighted by atomic mass is 10.0. The number of nitrogens with zero attached hydrogens (tertiary/aromatic N) is 2. The van der Waals surface area contributed by atoms with Crippen LogP contribution in [0.4, 0.5) is 4.79 Å². The zero-order valence-electron chi connectivity index (χ0n) is 16.2. The number of pyridine rings is 1. The Morgan fingerprint density at radius 2 is 1.81 bits per heavy atom. The molecular formula is C19H28N4O4. The summed E-state index contributed by atoms with van der Waals surface area (Å²) in [6.45, 7) is 7.79. The molecular weight excluding hydrogens is 348 g/mol. The zero-order valence-corrected chi connectivity index (χ0v) is 16.2. The highest BCUT2D eigenvalue weighted by Gasteiger charge is 2.25. The lowest BCUT2D eigenvalue weighted by Crippen LogP contribution is -2.46. The van der Waals surface area contributed by atoms with Crippen molar-refractivity contribution in [3.05, 3.63) is 29.6 Å². The van der Waals surface area contributed by atoms with Crippen LogP contribution in [0.1, 0.15) is 54.3 Å². The molecule has 0 radical (unpaired) electrons. The summed E-state index contributed by atoms with van der Waals surface area (Å²) in [5, 5.41) is 5.77. The zero-order chi connectivity index (χ0) is 19.8. The van der Waals surface area contributed by atoms with Crippen molar-refractivity contribution in [2.45, 2.75) is 39.7 Å². The molecule has 1 fully saturated rings. The Morgan fingerprint density at radius 3 is 2.41 bits per heavy atom. The summed E-state index contributed by atoms with van der Waals surface area (Å²) in [4.78, 5) is 42.0. The quantitative estimate of drug-likeness (QED) is 0.789. The SMILES string of the molecule is CCOC(=O)N1CCC(NC(=O)c2cncc(C(=O)NCC(C)C)c2)CC1. The van der Waals surface area contributed by atoms with Gasteiger partial charge in [0.25, 0.3) is 11.8 Å². The number of carbonyl (C=O) groups excluding carboxylic acids is 3. The topological polar surface area (TPSA) is 101 Å². The average Bonchev–Trinajstić information content (AvgIpc) is 2.67. The van der Waals surface area contributed by atoms with Gasteiger partial charge in [-0.3, -0.25) is 14.6 Å². The highest BCUT2D eigenvalue weighted by Crippen LogP contribution is 2.13. The first-order valence-electron chi connectivity index (χ1n) is 9.36. The Bertz CT molecular complexity index is 669. The lowest BCUT2D eigenvalue weighted by Gasteiger charge is -2.31. The number of amides is 3. The smallest absolute Gasteiger partial charge is 0.409 e. The summed E-state index contributed by atoms with van der Waals surface area (Å²) in [6.07, 6.45) is 3.90. The molecule has 0 spiro atoms. The van der Waals surface area contributed by atoms with Crippen LogP contribution < -0.4 is 10.6 Å². The van der Waals surface area contributed by atoms with Gasteiger partial charge in [0.15, 0.2) is 0 Å². The maximum atomic E-state index is 12.5. The van der Waals surface area contributed by atoms with Crippen molar-refractivity contribution in [1.29, 1.82) is 0 Å². The fourth-order valence-corrected chi connectivity index (χ4v) is 2.78. The molecule has 1 aliphatic rings. The Morgan fingerprint density at radius 1 is 1.19 bits per heavy atom. The van der Waals surface area contributed by atoms with Crippen LogP contribution in [0.2, 0.25) is 0 Å². The molecule has 0 bridgehead atoms. The largest absolute Gasteiger partial charge is 0.450 e. The van der Waals surface area contributed by atoms with Crippen LogP contribution in [0.5, 0.6) is 0 Å². The Labute approximate surface area is 159 Å². The van der Waals surface area contributed by atoms with E-state index in [1.54, 1.807) is 17.9 Å². The third-order valence-electron chi connectivity index (χ3n) is 4.29. The Balaban J connectivity index is 1.88. The molecule has 1 saturated heterocycles. The van der Waals surface area contributed by atoms with Crippen molar-refractivity contribution in [2.75, 3.05) is 26.2 Å². The maximum Gasteiger partial charge on any atom is 0.409 e. The predicted molar refractivity (Wildman–Crippen MR) is 100 cm³/mol. The van der Waals surface area contributed by atoms with E-state index in [0.29, 0.717) is 56.1 Å². The molecule has 1 aromatic rings. The van der Waals surface area contributed by atoms with Gasteiger partial charge in [0.2, 0.25) is 0 Å². The summed E-state index contributed by atoms with van der Waals surface area (Å²) in [6, 6.07) is 1.52. The van der Waals surface area contributed by atoms with E-state index >= 15 is 0 Å². The van der Waals surface area contributed by atoms with Crippen LogP contribution in [0.3, 0.4) is 0 Å². The molecule has 2 heterocycles. The fourth-order valence-electron chi connectivity index (χ4n) is 2.78. The van der Waals surface area contributed by atoms with Gasteiger partial charge in [0, 0.05) is 38.1 Å². The van der Waals surface area contributed by atoms with E-state index in [1.807, 2.05) is 13.8 Å². The molecule has 0 atom stereocenters. The van der Waals surface area contributed by atoms with E-state index in [9.17, 15) is 14.4 Å². The highest BCUT2D eigenvalue weighted by atomic mass is 16.6. The van der Waals surface area contributed by atoms with Gasteiger partial charge >= 0.3 is 6.09 Å². The number of likely N-dealkylation sites (tertiary alicyclic amines) is 1. The first-order chi connectivity index (χ1) is 12.9. The number of ether oxygens (including phenoxy) is 1. The van der Waals surface area contributed by atoms with Crippen molar-refractivity contribution < 1.29 is 19.1 Å². The minimum Gasteiger partial charge on any atom is -0.450 e. The molecule has 148 valence electrons. The molecule has 27 heavy (non-hydrogen) atoms. The summed E-state index contributed by atoms with van der Waals surface area (Å²) in [5.74, 6) is -0.168. The first-order valence-corrected chi connectivity index (χ1v) is 9.36. The van der Waals surface area contributed by atoms with Gasteiger partial charge in [0.1, 0.15) is 0 Å². The maximum absolute atomic E-state index is 12.5. The molecule has 8 nitrogen and oxygen atoms in total. The average molecular weight is 376 g/mol. The van der Waals surface area contributed by atoms with Crippen LogP contribution in [0.15, 0.2) is 18.5 Å². The normalized spacial score (nSPS) is 14.7. The molecule has 8 heteroatoms. The van der Waals surface area contributed by atoms with Crippen LogP contribution >= 0.6 is 0 Å². The number of hydrogen-bond acceptors (Lipinski definition) is 5. The lowest BCUT2D eigenvalue weighted by molar-refractivity contribution is 0.0859. The third-order valence-corrected chi connectivity index (χ3v) is 4.29. The van der Waals surface area contributed by atoms with Gasteiger partial charge < -0.3 is 20.3 Å². The van der Waals surface area contributed by atoms with Crippen molar-refractivity contribution in [1.82, 2.24) is 20.5 Å². The van der Waals surface area contributed by atoms with Gasteiger partial charge in [0.05, 0.1) is 17.7 Å². The summed E-state index contributed by atoms with van der Waals surface area (Å²) < 4.78 is 4.99. The second-order valence-corrected chi connectivity index (χ2v) is 7.00.